The quantitative estimate of drug-likeness (QED) is 0.700. The summed E-state index contributed by atoms with van der Waals surface area (Å²) in [6.07, 6.45) is 3.07. The predicted molar refractivity (Wildman–Crippen MR) is 96.9 cm³/mol. The van der Waals surface area contributed by atoms with Gasteiger partial charge in [-0.2, -0.15) is 16.7 Å². The number of nitrogens with one attached hydrogen (secondary N) is 1. The lowest BCUT2D eigenvalue weighted by Gasteiger charge is -2.24. The summed E-state index contributed by atoms with van der Waals surface area (Å²) in [5.74, 6) is -1.63. The van der Waals surface area contributed by atoms with Crippen LogP contribution in [-0.4, -0.2) is 51.8 Å². The van der Waals surface area contributed by atoms with Gasteiger partial charge in [-0.15, -0.1) is 0 Å². The maximum absolute atomic E-state index is 13.2. The van der Waals surface area contributed by atoms with Crippen LogP contribution in [0.25, 0.3) is 6.08 Å². The van der Waals surface area contributed by atoms with E-state index >= 15 is 0 Å². The molecule has 0 fully saturated rings. The van der Waals surface area contributed by atoms with Crippen LogP contribution in [0.4, 0.5) is 5.95 Å². The topological polar surface area (TPSA) is 122 Å². The summed E-state index contributed by atoms with van der Waals surface area (Å²) in [5, 5.41) is 11.6. The lowest BCUT2D eigenvalue weighted by Crippen LogP contribution is -2.38. The summed E-state index contributed by atoms with van der Waals surface area (Å²) in [6, 6.07) is 0. The molecule has 1 heterocycles. The molecular formula is C16H24N4O5S. The number of amides is 1. The van der Waals surface area contributed by atoms with Crippen LogP contribution in [0, 0.1) is 0 Å². The Hall–Kier alpha value is -2.20. The molecule has 0 radical (unpaired) electrons. The minimum Gasteiger partial charge on any atom is -0.478 e. The minimum atomic E-state index is -3.94. The molecule has 0 saturated carbocycles. The molecule has 2 rings (SSSR count). The van der Waals surface area contributed by atoms with Crippen LogP contribution in [0.5, 0.6) is 0 Å². The SMILES string of the molecule is CCCN(CCC)S(=O)(=O)n1c(NC(C)=O)nc2c1CCC(C(=O)O)=C2. The van der Waals surface area contributed by atoms with E-state index in [1.54, 1.807) is 0 Å². The number of hydrogen-bond donors (Lipinski definition) is 2. The molecule has 2 N–H and O–H groups in total. The van der Waals surface area contributed by atoms with E-state index in [9.17, 15) is 23.1 Å². The zero-order valence-corrected chi connectivity index (χ0v) is 16.0. The molecule has 1 aliphatic carbocycles. The Morgan fingerprint density at radius 1 is 1.27 bits per heavy atom. The first-order chi connectivity index (χ1) is 12.2. The van der Waals surface area contributed by atoms with E-state index in [1.807, 2.05) is 13.8 Å². The summed E-state index contributed by atoms with van der Waals surface area (Å²) in [7, 11) is -3.94. The van der Waals surface area contributed by atoms with Crippen molar-refractivity contribution in [1.82, 2.24) is 13.3 Å². The summed E-state index contributed by atoms with van der Waals surface area (Å²) < 4.78 is 28.9. The number of hydrogen-bond acceptors (Lipinski definition) is 5. The van der Waals surface area contributed by atoms with Crippen LogP contribution in [0.1, 0.15) is 51.4 Å². The van der Waals surface area contributed by atoms with Gasteiger partial charge < -0.3 is 5.11 Å². The highest BCUT2D eigenvalue weighted by Crippen LogP contribution is 2.29. The number of carbonyl (C=O) groups excluding carboxylic acids is 1. The van der Waals surface area contributed by atoms with E-state index in [1.165, 1.54) is 17.3 Å². The molecule has 1 aromatic heterocycles. The third kappa shape index (κ3) is 3.96. The zero-order chi connectivity index (χ0) is 19.5. The molecule has 9 nitrogen and oxygen atoms in total. The Morgan fingerprint density at radius 3 is 2.38 bits per heavy atom. The van der Waals surface area contributed by atoms with E-state index < -0.39 is 22.1 Å². The largest absolute Gasteiger partial charge is 0.478 e. The van der Waals surface area contributed by atoms with Crippen molar-refractivity contribution in [2.45, 2.75) is 46.5 Å². The molecular weight excluding hydrogens is 360 g/mol. The number of anilines is 1. The van der Waals surface area contributed by atoms with E-state index in [0.29, 0.717) is 31.6 Å². The highest BCUT2D eigenvalue weighted by Gasteiger charge is 2.32. The third-order valence-corrected chi connectivity index (χ3v) is 5.84. The fourth-order valence-corrected chi connectivity index (χ4v) is 4.73. The molecule has 1 aromatic rings. The van der Waals surface area contributed by atoms with E-state index in [-0.39, 0.29) is 30.1 Å². The van der Waals surface area contributed by atoms with Gasteiger partial charge in [0.15, 0.2) is 0 Å². The van der Waals surface area contributed by atoms with Gasteiger partial charge in [-0.05, 0) is 31.8 Å². The van der Waals surface area contributed by atoms with Crippen LogP contribution in [-0.2, 0) is 26.2 Å². The minimum absolute atomic E-state index is 0.109. The number of carbonyl (C=O) groups is 2. The fraction of sp³-hybridized carbons (Fsp3) is 0.562. The molecule has 0 saturated heterocycles. The van der Waals surface area contributed by atoms with Gasteiger partial charge in [-0.1, -0.05) is 13.8 Å². The van der Waals surface area contributed by atoms with Gasteiger partial charge in [0.2, 0.25) is 11.9 Å². The van der Waals surface area contributed by atoms with Gasteiger partial charge in [-0.3, -0.25) is 10.1 Å². The Labute approximate surface area is 152 Å². The van der Waals surface area contributed by atoms with Crippen molar-refractivity contribution in [3.63, 3.8) is 0 Å². The number of imidazole rings is 1. The van der Waals surface area contributed by atoms with Gasteiger partial charge >= 0.3 is 16.2 Å². The second kappa shape index (κ2) is 8.00. The smallest absolute Gasteiger partial charge is 0.331 e. The van der Waals surface area contributed by atoms with Crippen LogP contribution in [0.3, 0.4) is 0 Å². The number of nitrogens with zero attached hydrogens (tertiary/aromatic N) is 3. The van der Waals surface area contributed by atoms with Crippen molar-refractivity contribution in [2.75, 3.05) is 18.4 Å². The van der Waals surface area contributed by atoms with Gasteiger partial charge in [0.1, 0.15) is 0 Å². The van der Waals surface area contributed by atoms with Crippen LogP contribution in [0.15, 0.2) is 5.57 Å². The molecule has 1 amide bonds. The maximum Gasteiger partial charge on any atom is 0.331 e. The highest BCUT2D eigenvalue weighted by molar-refractivity contribution is 7.87. The average Bonchev–Trinajstić information content (AvgIpc) is 2.91. The summed E-state index contributed by atoms with van der Waals surface area (Å²) >= 11 is 0. The molecule has 1 aliphatic rings. The first kappa shape index (κ1) is 20.1. The predicted octanol–water partition coefficient (Wildman–Crippen LogP) is 1.47. The molecule has 0 spiro atoms. The summed E-state index contributed by atoms with van der Waals surface area (Å²) in [6.45, 7) is 5.73. The normalized spacial score (nSPS) is 14.1. The zero-order valence-electron chi connectivity index (χ0n) is 15.2. The molecule has 144 valence electrons. The molecule has 0 aromatic carbocycles. The Bertz CT molecular complexity index is 835. The Kier molecular flexibility index (Phi) is 6.19. The monoisotopic (exact) mass is 384 g/mol. The van der Waals surface area contributed by atoms with Crippen LogP contribution < -0.4 is 5.32 Å². The number of aromatic nitrogens is 2. The number of rotatable bonds is 8. The second-order valence-electron chi connectivity index (χ2n) is 6.09. The number of aliphatic carboxylic acids is 1. The molecule has 0 bridgehead atoms. The second-order valence-corrected chi connectivity index (χ2v) is 7.87. The number of fused-ring (bicyclic) bond motifs is 1. The van der Waals surface area contributed by atoms with Crippen molar-refractivity contribution in [3.8, 4) is 0 Å². The first-order valence-electron chi connectivity index (χ1n) is 8.56. The van der Waals surface area contributed by atoms with E-state index in [0.717, 1.165) is 3.97 Å². The van der Waals surface area contributed by atoms with Crippen molar-refractivity contribution in [2.24, 2.45) is 0 Å². The Balaban J connectivity index is 2.63. The average molecular weight is 384 g/mol. The van der Waals surface area contributed by atoms with E-state index in [2.05, 4.69) is 10.3 Å². The maximum atomic E-state index is 13.2. The van der Waals surface area contributed by atoms with Gasteiger partial charge in [0, 0.05) is 25.6 Å². The fourth-order valence-electron chi connectivity index (χ4n) is 2.90. The van der Waals surface area contributed by atoms with Crippen molar-refractivity contribution in [3.05, 3.63) is 17.0 Å². The van der Waals surface area contributed by atoms with Crippen LogP contribution >= 0.6 is 0 Å². The molecule has 26 heavy (non-hydrogen) atoms. The van der Waals surface area contributed by atoms with Crippen molar-refractivity contribution >= 4 is 34.1 Å². The van der Waals surface area contributed by atoms with E-state index in [4.69, 9.17) is 0 Å². The summed E-state index contributed by atoms with van der Waals surface area (Å²) in [5.41, 5.74) is 0.803. The Morgan fingerprint density at radius 2 is 1.88 bits per heavy atom. The number of carboxylic acids is 1. The molecule has 0 aliphatic heterocycles. The molecule has 0 atom stereocenters. The first-order valence-corrected chi connectivity index (χ1v) is 9.95. The number of carboxylic acid groups (broad SMARTS) is 1. The van der Waals surface area contributed by atoms with Crippen molar-refractivity contribution in [1.29, 1.82) is 0 Å². The van der Waals surface area contributed by atoms with Gasteiger partial charge in [0.25, 0.3) is 0 Å². The summed E-state index contributed by atoms with van der Waals surface area (Å²) in [4.78, 5) is 26.9. The molecule has 0 unspecified atom stereocenters. The van der Waals surface area contributed by atoms with Gasteiger partial charge in [0.05, 0.1) is 11.4 Å². The lowest BCUT2D eigenvalue weighted by atomic mass is 10.0. The van der Waals surface area contributed by atoms with Crippen molar-refractivity contribution < 1.29 is 23.1 Å². The molecule has 10 heteroatoms. The van der Waals surface area contributed by atoms with Crippen LogP contribution in [0.2, 0.25) is 0 Å². The van der Waals surface area contributed by atoms with Gasteiger partial charge in [-0.25, -0.2) is 9.78 Å². The highest BCUT2D eigenvalue weighted by atomic mass is 32.2. The lowest BCUT2D eigenvalue weighted by molar-refractivity contribution is -0.132. The third-order valence-electron chi connectivity index (χ3n) is 3.97. The standard InChI is InChI=1S/C16H24N4O5S/c1-4-8-19(9-5-2)26(24,25)20-14-7-6-12(15(22)23)10-13(14)18-16(20)17-11(3)21/h10H,4-9H2,1-3H3,(H,22,23)(H,17,18,21).